The second-order valence-electron chi connectivity index (χ2n) is 5.94. The molecule has 0 saturated carbocycles. The lowest BCUT2D eigenvalue weighted by Crippen LogP contribution is -2.12. The fourth-order valence-corrected chi connectivity index (χ4v) is 3.14. The van der Waals surface area contributed by atoms with Crippen molar-refractivity contribution >= 4 is 22.6 Å². The van der Waals surface area contributed by atoms with E-state index in [9.17, 15) is 4.79 Å². The monoisotopic (exact) mass is 350 g/mol. The number of aryl methyl sites for hydroxylation is 1. The Morgan fingerprint density at radius 3 is 2.58 bits per heavy atom. The van der Waals surface area contributed by atoms with Crippen LogP contribution in [0.5, 0.6) is 11.5 Å². The summed E-state index contributed by atoms with van der Waals surface area (Å²) >= 11 is 0. The number of carbonyl (C=O) groups is 1. The number of benzene rings is 2. The van der Waals surface area contributed by atoms with Gasteiger partial charge in [-0.1, -0.05) is 12.1 Å². The van der Waals surface area contributed by atoms with Crippen LogP contribution in [0.4, 0.5) is 0 Å². The van der Waals surface area contributed by atoms with Crippen molar-refractivity contribution in [3.8, 4) is 11.5 Å². The summed E-state index contributed by atoms with van der Waals surface area (Å²) in [6.45, 7) is 1.96. The first-order chi connectivity index (χ1) is 12.6. The lowest BCUT2D eigenvalue weighted by molar-refractivity contribution is 0.0971. The maximum Gasteiger partial charge on any atom is 0.234 e. The molecule has 0 radical (unpaired) electrons. The van der Waals surface area contributed by atoms with Gasteiger partial charge in [0.1, 0.15) is 17.3 Å². The molecule has 0 unspecified atom stereocenters. The predicted octanol–water partition coefficient (Wildman–Crippen LogP) is 2.89. The van der Waals surface area contributed by atoms with E-state index in [1.54, 1.807) is 36.9 Å². The molecule has 7 heteroatoms. The number of Topliss-reactive ketones (excluding diaryl/α,β-unsaturated/α-hetero) is 1. The SMILES string of the molecule is COc1ccc(OC)c(C(=O)Cn2c3ccccc3n3nc(C)nc23)c1. The van der Waals surface area contributed by atoms with Crippen LogP contribution >= 0.6 is 0 Å². The molecule has 0 spiro atoms. The minimum absolute atomic E-state index is 0.0929. The van der Waals surface area contributed by atoms with Crippen LogP contribution in [0, 0.1) is 6.92 Å². The summed E-state index contributed by atoms with van der Waals surface area (Å²) in [4.78, 5) is 17.5. The van der Waals surface area contributed by atoms with Crippen molar-refractivity contribution in [3.63, 3.8) is 0 Å². The number of para-hydroxylation sites is 2. The van der Waals surface area contributed by atoms with Crippen molar-refractivity contribution in [3.05, 3.63) is 53.9 Å². The quantitative estimate of drug-likeness (QED) is 0.518. The number of hydrogen-bond acceptors (Lipinski definition) is 5. The predicted molar refractivity (Wildman–Crippen MR) is 97.1 cm³/mol. The number of aromatic nitrogens is 4. The molecule has 0 aliphatic rings. The van der Waals surface area contributed by atoms with Gasteiger partial charge in [-0.25, -0.2) is 0 Å². The summed E-state index contributed by atoms with van der Waals surface area (Å²) in [5.74, 6) is 2.32. The molecular formula is C19H18N4O3. The normalized spacial score (nSPS) is 11.2. The minimum Gasteiger partial charge on any atom is -0.497 e. The lowest BCUT2D eigenvalue weighted by atomic mass is 10.1. The molecule has 2 heterocycles. The molecule has 2 aromatic heterocycles. The largest absolute Gasteiger partial charge is 0.497 e. The van der Waals surface area contributed by atoms with Crippen molar-refractivity contribution < 1.29 is 14.3 Å². The minimum atomic E-state index is -0.0929. The van der Waals surface area contributed by atoms with Crippen LogP contribution in [-0.4, -0.2) is 39.2 Å². The van der Waals surface area contributed by atoms with Crippen molar-refractivity contribution in [1.29, 1.82) is 0 Å². The third-order valence-electron chi connectivity index (χ3n) is 4.35. The molecule has 2 aromatic carbocycles. The van der Waals surface area contributed by atoms with Crippen molar-refractivity contribution in [2.24, 2.45) is 0 Å². The highest BCUT2D eigenvalue weighted by atomic mass is 16.5. The zero-order chi connectivity index (χ0) is 18.3. The van der Waals surface area contributed by atoms with Crippen molar-refractivity contribution in [2.75, 3.05) is 14.2 Å². The summed E-state index contributed by atoms with van der Waals surface area (Å²) in [6, 6.07) is 13.0. The Kier molecular flexibility index (Phi) is 3.84. The third kappa shape index (κ3) is 2.48. The molecule has 4 aromatic rings. The molecule has 0 aliphatic heterocycles. The van der Waals surface area contributed by atoms with Crippen molar-refractivity contribution in [2.45, 2.75) is 13.5 Å². The highest BCUT2D eigenvalue weighted by Crippen LogP contribution is 2.26. The fourth-order valence-electron chi connectivity index (χ4n) is 3.14. The molecule has 0 saturated heterocycles. The Balaban J connectivity index is 1.83. The third-order valence-corrected chi connectivity index (χ3v) is 4.35. The van der Waals surface area contributed by atoms with Crippen LogP contribution in [0.1, 0.15) is 16.2 Å². The first-order valence-electron chi connectivity index (χ1n) is 8.18. The van der Waals surface area contributed by atoms with E-state index in [1.807, 2.05) is 35.8 Å². The number of imidazole rings is 1. The number of hydrogen-bond donors (Lipinski definition) is 0. The Hall–Kier alpha value is -3.35. The zero-order valence-electron chi connectivity index (χ0n) is 14.8. The molecule has 7 nitrogen and oxygen atoms in total. The van der Waals surface area contributed by atoms with Gasteiger partial charge < -0.3 is 14.0 Å². The van der Waals surface area contributed by atoms with Crippen LogP contribution in [0.25, 0.3) is 16.8 Å². The summed E-state index contributed by atoms with van der Waals surface area (Å²) < 4.78 is 14.2. The Labute approximate surface area is 149 Å². The highest BCUT2D eigenvalue weighted by Gasteiger charge is 2.19. The zero-order valence-corrected chi connectivity index (χ0v) is 14.8. The molecule has 132 valence electrons. The molecular weight excluding hydrogens is 332 g/mol. The van der Waals surface area contributed by atoms with Crippen LogP contribution in [0.3, 0.4) is 0 Å². The number of carbonyl (C=O) groups excluding carboxylic acids is 1. The number of rotatable bonds is 5. The van der Waals surface area contributed by atoms with Gasteiger partial charge in [0.15, 0.2) is 5.78 Å². The molecule has 0 amide bonds. The van der Waals surface area contributed by atoms with Gasteiger partial charge in [-0.2, -0.15) is 9.50 Å². The van der Waals surface area contributed by atoms with E-state index in [1.165, 1.54) is 0 Å². The van der Waals surface area contributed by atoms with Gasteiger partial charge in [0.05, 0.1) is 37.4 Å². The molecule has 0 N–H and O–H groups in total. The fraction of sp³-hybridized carbons (Fsp3) is 0.211. The number of ketones is 1. The summed E-state index contributed by atoms with van der Waals surface area (Å²) in [7, 11) is 3.11. The highest BCUT2D eigenvalue weighted by molar-refractivity contribution is 6.00. The van der Waals surface area contributed by atoms with E-state index in [0.717, 1.165) is 11.0 Å². The first-order valence-corrected chi connectivity index (χ1v) is 8.18. The lowest BCUT2D eigenvalue weighted by Gasteiger charge is -2.10. The number of fused-ring (bicyclic) bond motifs is 3. The number of nitrogens with zero attached hydrogens (tertiary/aromatic N) is 4. The molecule has 26 heavy (non-hydrogen) atoms. The van der Waals surface area contributed by atoms with E-state index < -0.39 is 0 Å². The van der Waals surface area contributed by atoms with Gasteiger partial charge >= 0.3 is 0 Å². The number of methoxy groups -OCH3 is 2. The smallest absolute Gasteiger partial charge is 0.234 e. The summed E-state index contributed by atoms with van der Waals surface area (Å²) in [6.07, 6.45) is 0. The van der Waals surface area contributed by atoms with E-state index in [-0.39, 0.29) is 12.3 Å². The van der Waals surface area contributed by atoms with Crippen LogP contribution in [0.2, 0.25) is 0 Å². The second kappa shape index (κ2) is 6.18. The van der Waals surface area contributed by atoms with E-state index in [2.05, 4.69) is 10.1 Å². The van der Waals surface area contributed by atoms with Gasteiger partial charge in [0.25, 0.3) is 0 Å². The van der Waals surface area contributed by atoms with E-state index in [4.69, 9.17) is 9.47 Å². The van der Waals surface area contributed by atoms with Gasteiger partial charge in [-0.15, -0.1) is 5.10 Å². The molecule has 0 bridgehead atoms. The Morgan fingerprint density at radius 1 is 1.08 bits per heavy atom. The van der Waals surface area contributed by atoms with Gasteiger partial charge in [-0.05, 0) is 37.3 Å². The molecule has 0 fully saturated rings. The van der Waals surface area contributed by atoms with Gasteiger partial charge in [-0.3, -0.25) is 4.79 Å². The topological polar surface area (TPSA) is 70.7 Å². The summed E-state index contributed by atoms with van der Waals surface area (Å²) in [5.41, 5.74) is 2.28. The van der Waals surface area contributed by atoms with Gasteiger partial charge in [0.2, 0.25) is 5.78 Å². The van der Waals surface area contributed by atoms with E-state index >= 15 is 0 Å². The van der Waals surface area contributed by atoms with Crippen LogP contribution < -0.4 is 9.47 Å². The van der Waals surface area contributed by atoms with Crippen LogP contribution in [0.15, 0.2) is 42.5 Å². The molecule has 0 atom stereocenters. The maximum atomic E-state index is 13.0. The van der Waals surface area contributed by atoms with Crippen molar-refractivity contribution in [1.82, 2.24) is 19.2 Å². The Bertz CT molecular complexity index is 1130. The average molecular weight is 350 g/mol. The average Bonchev–Trinajstić information content (AvgIpc) is 3.18. The Morgan fingerprint density at radius 2 is 1.85 bits per heavy atom. The van der Waals surface area contributed by atoms with Gasteiger partial charge in [0, 0.05) is 0 Å². The molecule has 4 rings (SSSR count). The molecule has 0 aliphatic carbocycles. The first kappa shape index (κ1) is 16.1. The number of ether oxygens (including phenoxy) is 2. The van der Waals surface area contributed by atoms with Crippen LogP contribution in [-0.2, 0) is 6.54 Å². The second-order valence-corrected chi connectivity index (χ2v) is 5.94. The summed E-state index contributed by atoms with van der Waals surface area (Å²) in [5, 5.41) is 4.43. The maximum absolute atomic E-state index is 13.0. The standard InChI is InChI=1S/C19H18N4O3/c1-12-20-19-22(15-6-4-5-7-16(15)23(19)21-12)11-17(24)14-10-13(25-2)8-9-18(14)26-3/h4-10H,11H2,1-3H3. The van der Waals surface area contributed by atoms with E-state index in [0.29, 0.717) is 28.7 Å².